The van der Waals surface area contributed by atoms with Crippen molar-refractivity contribution in [1.29, 1.82) is 0 Å². The lowest BCUT2D eigenvalue weighted by Crippen LogP contribution is -2.48. The fraction of sp³-hybridized carbons (Fsp3) is 0.231. The summed E-state index contributed by atoms with van der Waals surface area (Å²) < 4.78 is 13.9. The molecule has 0 radical (unpaired) electrons. The number of halogens is 1. The number of amides is 2. The van der Waals surface area contributed by atoms with Crippen LogP contribution in [0.2, 0.25) is 0 Å². The number of rotatable bonds is 5. The van der Waals surface area contributed by atoms with Gasteiger partial charge in [0.05, 0.1) is 6.04 Å². The standard InChI is InChI=1S/C26H25FN2O2S/c1-17-8-6-11-20(14-17)25(31)29-23(16-32-26(29)21-12-7-13-22(27)15-21)24(30)28-18(2)19-9-4-3-5-10-19/h3-15,18,23,26H,16H2,1-2H3,(H,28,30). The Morgan fingerprint density at radius 2 is 1.78 bits per heavy atom. The number of benzene rings is 3. The molecule has 0 aromatic heterocycles. The first-order valence-electron chi connectivity index (χ1n) is 10.6. The third-order valence-corrected chi connectivity index (χ3v) is 6.92. The number of hydrogen-bond donors (Lipinski definition) is 1. The quantitative estimate of drug-likeness (QED) is 0.579. The molecule has 0 spiro atoms. The molecule has 3 atom stereocenters. The number of thioether (sulfide) groups is 1. The number of carbonyl (C=O) groups is 2. The van der Waals surface area contributed by atoms with Gasteiger partial charge in [-0.05, 0) is 49.2 Å². The van der Waals surface area contributed by atoms with E-state index in [2.05, 4.69) is 5.32 Å². The maximum Gasteiger partial charge on any atom is 0.255 e. The zero-order valence-corrected chi connectivity index (χ0v) is 18.8. The number of aryl methyl sites for hydroxylation is 1. The normalized spacial score (nSPS) is 18.9. The minimum absolute atomic E-state index is 0.196. The van der Waals surface area contributed by atoms with E-state index in [1.807, 2.05) is 62.4 Å². The average molecular weight is 449 g/mol. The lowest BCUT2D eigenvalue weighted by molar-refractivity contribution is -0.125. The summed E-state index contributed by atoms with van der Waals surface area (Å²) in [4.78, 5) is 28.5. The molecule has 0 bridgehead atoms. The summed E-state index contributed by atoms with van der Waals surface area (Å²) in [7, 11) is 0. The lowest BCUT2D eigenvalue weighted by Gasteiger charge is -2.30. The second-order valence-electron chi connectivity index (χ2n) is 7.98. The van der Waals surface area contributed by atoms with Gasteiger partial charge in [0.25, 0.3) is 5.91 Å². The molecule has 4 nitrogen and oxygen atoms in total. The Morgan fingerprint density at radius 3 is 2.50 bits per heavy atom. The van der Waals surface area contributed by atoms with Crippen LogP contribution in [-0.2, 0) is 4.79 Å². The molecule has 4 rings (SSSR count). The van der Waals surface area contributed by atoms with E-state index >= 15 is 0 Å². The molecule has 0 aliphatic carbocycles. The molecule has 32 heavy (non-hydrogen) atoms. The average Bonchev–Trinajstić information content (AvgIpc) is 3.24. The zero-order valence-electron chi connectivity index (χ0n) is 18.0. The van der Waals surface area contributed by atoms with Crippen molar-refractivity contribution >= 4 is 23.6 Å². The van der Waals surface area contributed by atoms with Gasteiger partial charge >= 0.3 is 0 Å². The summed E-state index contributed by atoms with van der Waals surface area (Å²) in [6.45, 7) is 3.84. The van der Waals surface area contributed by atoms with E-state index in [9.17, 15) is 14.0 Å². The van der Waals surface area contributed by atoms with Crippen molar-refractivity contribution in [2.24, 2.45) is 0 Å². The maximum atomic E-state index is 13.9. The van der Waals surface area contributed by atoms with Crippen molar-refractivity contribution < 1.29 is 14.0 Å². The molecule has 1 aliphatic heterocycles. The van der Waals surface area contributed by atoms with Gasteiger partial charge in [0.2, 0.25) is 5.91 Å². The van der Waals surface area contributed by atoms with Crippen molar-refractivity contribution in [3.05, 3.63) is 107 Å². The van der Waals surface area contributed by atoms with Crippen LogP contribution in [0.15, 0.2) is 78.9 Å². The molecule has 1 fully saturated rings. The predicted octanol–water partition coefficient (Wildman–Crippen LogP) is 5.27. The first kappa shape index (κ1) is 22.1. The molecule has 3 aromatic carbocycles. The SMILES string of the molecule is Cc1cccc(C(=O)N2C(C(=O)NC(C)c3ccccc3)CSC2c2cccc(F)c2)c1. The van der Waals surface area contributed by atoms with Crippen LogP contribution in [0.4, 0.5) is 4.39 Å². The number of nitrogens with one attached hydrogen (secondary N) is 1. The van der Waals surface area contributed by atoms with E-state index in [0.717, 1.165) is 11.1 Å². The highest BCUT2D eigenvalue weighted by atomic mass is 32.2. The van der Waals surface area contributed by atoms with Gasteiger partial charge in [0, 0.05) is 11.3 Å². The molecule has 1 aliphatic rings. The molecular weight excluding hydrogens is 423 g/mol. The van der Waals surface area contributed by atoms with Crippen molar-refractivity contribution in [1.82, 2.24) is 10.2 Å². The van der Waals surface area contributed by atoms with Crippen LogP contribution in [-0.4, -0.2) is 28.5 Å². The first-order chi connectivity index (χ1) is 15.4. The Balaban J connectivity index is 1.64. The third-order valence-electron chi connectivity index (χ3n) is 5.59. The lowest BCUT2D eigenvalue weighted by atomic mass is 10.1. The Kier molecular flexibility index (Phi) is 6.61. The number of nitrogens with zero attached hydrogens (tertiary/aromatic N) is 1. The second-order valence-corrected chi connectivity index (χ2v) is 9.09. The molecule has 0 saturated carbocycles. The molecule has 3 aromatic rings. The van der Waals surface area contributed by atoms with Crippen LogP contribution in [0.5, 0.6) is 0 Å². The van der Waals surface area contributed by atoms with Gasteiger partial charge in [-0.3, -0.25) is 9.59 Å². The summed E-state index contributed by atoms with van der Waals surface area (Å²) in [6, 6.07) is 22.4. The molecule has 1 N–H and O–H groups in total. The van der Waals surface area contributed by atoms with E-state index < -0.39 is 11.4 Å². The fourth-order valence-electron chi connectivity index (χ4n) is 3.94. The number of hydrogen-bond acceptors (Lipinski definition) is 3. The molecule has 1 heterocycles. The predicted molar refractivity (Wildman–Crippen MR) is 126 cm³/mol. The summed E-state index contributed by atoms with van der Waals surface area (Å²) in [6.07, 6.45) is 0. The van der Waals surface area contributed by atoms with Gasteiger partial charge in [-0.1, -0.05) is 60.2 Å². The molecule has 2 amide bonds. The van der Waals surface area contributed by atoms with Crippen LogP contribution in [0.25, 0.3) is 0 Å². The van der Waals surface area contributed by atoms with Crippen molar-refractivity contribution in [3.8, 4) is 0 Å². The minimum atomic E-state index is -0.660. The summed E-state index contributed by atoms with van der Waals surface area (Å²) in [5, 5.41) is 2.61. The summed E-state index contributed by atoms with van der Waals surface area (Å²) in [5.74, 6) is -0.377. The fourth-order valence-corrected chi connectivity index (χ4v) is 5.35. The van der Waals surface area contributed by atoms with Gasteiger partial charge < -0.3 is 10.2 Å². The Morgan fingerprint density at radius 1 is 1.03 bits per heavy atom. The molecule has 1 saturated heterocycles. The highest BCUT2D eigenvalue weighted by molar-refractivity contribution is 7.99. The van der Waals surface area contributed by atoms with Gasteiger partial charge in [-0.25, -0.2) is 4.39 Å². The second kappa shape index (κ2) is 9.57. The Hall–Kier alpha value is -3.12. The highest BCUT2D eigenvalue weighted by Gasteiger charge is 2.43. The van der Waals surface area contributed by atoms with E-state index in [-0.39, 0.29) is 23.7 Å². The van der Waals surface area contributed by atoms with Crippen molar-refractivity contribution in [2.75, 3.05) is 5.75 Å². The summed E-state index contributed by atoms with van der Waals surface area (Å²) >= 11 is 1.48. The van der Waals surface area contributed by atoms with Gasteiger partial charge in [-0.15, -0.1) is 11.8 Å². The van der Waals surface area contributed by atoms with E-state index in [1.165, 1.54) is 23.9 Å². The van der Waals surface area contributed by atoms with E-state index in [4.69, 9.17) is 0 Å². The van der Waals surface area contributed by atoms with Crippen molar-refractivity contribution in [2.45, 2.75) is 31.3 Å². The van der Waals surface area contributed by atoms with Crippen LogP contribution in [0, 0.1) is 12.7 Å². The molecule has 6 heteroatoms. The van der Waals surface area contributed by atoms with Gasteiger partial charge in [-0.2, -0.15) is 0 Å². The minimum Gasteiger partial charge on any atom is -0.348 e. The van der Waals surface area contributed by atoms with Crippen LogP contribution in [0.3, 0.4) is 0 Å². The van der Waals surface area contributed by atoms with Crippen LogP contribution < -0.4 is 5.32 Å². The first-order valence-corrected chi connectivity index (χ1v) is 11.6. The monoisotopic (exact) mass is 448 g/mol. The van der Waals surface area contributed by atoms with Gasteiger partial charge in [0.1, 0.15) is 17.2 Å². The maximum absolute atomic E-state index is 13.9. The smallest absolute Gasteiger partial charge is 0.255 e. The number of carbonyl (C=O) groups excluding carboxylic acids is 2. The molecular formula is C26H25FN2O2S. The zero-order chi connectivity index (χ0) is 22.7. The van der Waals surface area contributed by atoms with E-state index in [1.54, 1.807) is 23.1 Å². The Bertz CT molecular complexity index is 1120. The van der Waals surface area contributed by atoms with Crippen LogP contribution in [0.1, 0.15) is 45.4 Å². The van der Waals surface area contributed by atoms with Gasteiger partial charge in [0.15, 0.2) is 0 Å². The Labute approximate surface area is 191 Å². The van der Waals surface area contributed by atoms with Crippen molar-refractivity contribution in [3.63, 3.8) is 0 Å². The molecule has 164 valence electrons. The topological polar surface area (TPSA) is 49.4 Å². The largest absolute Gasteiger partial charge is 0.348 e. The van der Waals surface area contributed by atoms with Crippen LogP contribution >= 0.6 is 11.8 Å². The van der Waals surface area contributed by atoms with E-state index in [0.29, 0.717) is 16.9 Å². The highest BCUT2D eigenvalue weighted by Crippen LogP contribution is 2.42. The third kappa shape index (κ3) is 4.70. The summed E-state index contributed by atoms with van der Waals surface area (Å²) in [5.41, 5.74) is 3.14. The molecule has 3 unspecified atom stereocenters.